The highest BCUT2D eigenvalue weighted by molar-refractivity contribution is 7.09. The van der Waals surface area contributed by atoms with Crippen LogP contribution in [0.15, 0.2) is 17.5 Å². The number of carbonyl (C=O) groups excluding carboxylic acids is 4. The number of ether oxygens (including phenoxy) is 2. The highest BCUT2D eigenvalue weighted by Crippen LogP contribution is 2.28. The number of hydrogen-bond donors (Lipinski definition) is 4. The summed E-state index contributed by atoms with van der Waals surface area (Å²) in [5.41, 5.74) is 0. The van der Waals surface area contributed by atoms with Crippen LogP contribution < -0.4 is 10.6 Å². The Bertz CT molecular complexity index is 1160. The lowest BCUT2D eigenvalue weighted by Gasteiger charge is -2.43. The van der Waals surface area contributed by atoms with E-state index in [1.54, 1.807) is 21.1 Å². The molecule has 0 spiro atoms. The molecule has 230 valence electrons. The predicted molar refractivity (Wildman–Crippen MR) is 149 cm³/mol. The number of thiophene rings is 1. The summed E-state index contributed by atoms with van der Waals surface area (Å²) in [6.07, 6.45) is -3.04. The van der Waals surface area contributed by atoms with Crippen molar-refractivity contribution in [2.24, 2.45) is 5.92 Å². The third-order valence-electron chi connectivity index (χ3n) is 9.17. The van der Waals surface area contributed by atoms with E-state index in [9.17, 15) is 29.4 Å². The zero-order valence-electron chi connectivity index (χ0n) is 23.4. The second-order valence-electron chi connectivity index (χ2n) is 11.9. The largest absolute Gasteiger partial charge is 0.388 e. The standard InChI is InChI=1S/C28H39N5O8S/c34-23-11-21-24(35)25(36)22(41-21)12-29-26(37)20-15-31(5-6-33(20)27(38)16-3-7-40-8-4-16)28(39)19-10-17(30-23)13-32(19)14-18-2-1-9-42-18/h1-2,9,16-17,19-22,24-25,35-36H,3-8,10-15H2,(H,29,37)(H,30,34)/t17-,19-,20-,21-,22+,24-,25+/m0/s1. The average molecular weight is 606 g/mol. The first-order chi connectivity index (χ1) is 20.3. The maximum atomic E-state index is 14.0. The Morgan fingerprint density at radius 2 is 1.83 bits per heavy atom. The molecule has 0 saturated carbocycles. The molecule has 4 N–H and O–H groups in total. The lowest BCUT2D eigenvalue weighted by atomic mass is 9.96. The number of nitrogens with zero attached hydrogens (tertiary/aromatic N) is 3. The van der Waals surface area contributed by atoms with Crippen molar-refractivity contribution in [1.82, 2.24) is 25.3 Å². The number of likely N-dealkylation sites (tertiary alicyclic amines) is 1. The Morgan fingerprint density at radius 3 is 2.60 bits per heavy atom. The molecule has 6 rings (SSSR count). The van der Waals surface area contributed by atoms with Crippen molar-refractivity contribution < 1.29 is 38.9 Å². The lowest BCUT2D eigenvalue weighted by Crippen LogP contribution is -2.64. The van der Waals surface area contributed by atoms with Gasteiger partial charge in [0, 0.05) is 62.8 Å². The van der Waals surface area contributed by atoms with Gasteiger partial charge < -0.3 is 40.1 Å². The number of carbonyl (C=O) groups is 4. The summed E-state index contributed by atoms with van der Waals surface area (Å²) in [5.74, 6) is -1.27. The molecule has 13 nitrogen and oxygen atoms in total. The first kappa shape index (κ1) is 29.5. The van der Waals surface area contributed by atoms with Gasteiger partial charge in [-0.3, -0.25) is 24.1 Å². The highest BCUT2D eigenvalue weighted by atomic mass is 32.1. The number of hydrogen-bond acceptors (Lipinski definition) is 10. The zero-order valence-corrected chi connectivity index (χ0v) is 24.2. The molecule has 42 heavy (non-hydrogen) atoms. The average Bonchev–Trinajstić information content (AvgIpc) is 3.72. The minimum absolute atomic E-state index is 0.0410. The smallest absolute Gasteiger partial charge is 0.244 e. The van der Waals surface area contributed by atoms with Crippen LogP contribution in [-0.2, 0) is 35.2 Å². The summed E-state index contributed by atoms with van der Waals surface area (Å²) in [5, 5.41) is 29.0. The van der Waals surface area contributed by atoms with E-state index in [0.29, 0.717) is 52.1 Å². The number of aliphatic hydroxyl groups excluding tert-OH is 2. The number of rotatable bonds is 3. The minimum atomic E-state index is -1.29. The molecule has 5 aliphatic rings. The fourth-order valence-corrected chi connectivity index (χ4v) is 7.58. The fourth-order valence-electron chi connectivity index (χ4n) is 6.85. The Morgan fingerprint density at radius 1 is 1.05 bits per heavy atom. The summed E-state index contributed by atoms with van der Waals surface area (Å²) in [6.45, 7) is 2.45. The minimum Gasteiger partial charge on any atom is -0.388 e. The Hall–Kier alpha value is -2.62. The molecule has 0 aromatic carbocycles. The number of amides is 4. The molecule has 4 amide bonds. The van der Waals surface area contributed by atoms with E-state index in [0.717, 1.165) is 4.88 Å². The molecule has 0 radical (unpaired) electrons. The van der Waals surface area contributed by atoms with Crippen LogP contribution in [0.4, 0.5) is 0 Å². The van der Waals surface area contributed by atoms with Crippen LogP contribution in [0.2, 0.25) is 0 Å². The van der Waals surface area contributed by atoms with E-state index >= 15 is 0 Å². The van der Waals surface area contributed by atoms with Crippen LogP contribution in [0.3, 0.4) is 0 Å². The molecule has 14 heteroatoms. The molecule has 7 atom stereocenters. The summed E-state index contributed by atoms with van der Waals surface area (Å²) >= 11 is 1.60. The van der Waals surface area contributed by atoms with Crippen LogP contribution in [-0.4, -0.2) is 137 Å². The van der Waals surface area contributed by atoms with Crippen molar-refractivity contribution in [3.63, 3.8) is 0 Å². The van der Waals surface area contributed by atoms with Gasteiger partial charge in [-0.25, -0.2) is 0 Å². The van der Waals surface area contributed by atoms with Crippen molar-refractivity contribution in [1.29, 1.82) is 0 Å². The highest BCUT2D eigenvalue weighted by Gasteiger charge is 2.47. The molecule has 0 unspecified atom stereocenters. The van der Waals surface area contributed by atoms with E-state index in [-0.39, 0.29) is 55.7 Å². The van der Waals surface area contributed by atoms with Gasteiger partial charge in [0.05, 0.1) is 25.1 Å². The molecular formula is C28H39N5O8S. The van der Waals surface area contributed by atoms with Crippen LogP contribution in [0.1, 0.15) is 30.6 Å². The first-order valence-electron chi connectivity index (χ1n) is 14.8. The number of aliphatic hydroxyl groups is 2. The quantitative estimate of drug-likeness (QED) is 0.314. The van der Waals surface area contributed by atoms with Crippen LogP contribution in [0, 0.1) is 5.92 Å². The number of fused-ring (bicyclic) bond motifs is 6. The van der Waals surface area contributed by atoms with E-state index in [1.807, 2.05) is 17.5 Å². The van der Waals surface area contributed by atoms with E-state index in [4.69, 9.17) is 9.47 Å². The molecule has 1 aromatic heterocycles. The molecular weight excluding hydrogens is 566 g/mol. The number of nitrogens with one attached hydrogen (secondary N) is 2. The summed E-state index contributed by atoms with van der Waals surface area (Å²) < 4.78 is 11.2. The maximum Gasteiger partial charge on any atom is 0.244 e. The molecule has 6 heterocycles. The Kier molecular flexibility index (Phi) is 8.80. The van der Waals surface area contributed by atoms with Gasteiger partial charge >= 0.3 is 0 Å². The van der Waals surface area contributed by atoms with E-state index < -0.39 is 42.4 Å². The Labute approximate surface area is 248 Å². The van der Waals surface area contributed by atoms with E-state index in [2.05, 4.69) is 15.5 Å². The molecule has 1 aromatic rings. The molecule has 0 aliphatic carbocycles. The summed E-state index contributed by atoms with van der Waals surface area (Å²) in [6, 6.07) is 2.25. The summed E-state index contributed by atoms with van der Waals surface area (Å²) in [4.78, 5) is 60.6. The van der Waals surface area contributed by atoms with Crippen molar-refractivity contribution in [3.8, 4) is 0 Å². The van der Waals surface area contributed by atoms with Crippen LogP contribution in [0.25, 0.3) is 0 Å². The van der Waals surface area contributed by atoms with Gasteiger partial charge in [-0.2, -0.15) is 0 Å². The molecule has 5 fully saturated rings. The second kappa shape index (κ2) is 12.5. The normalized spacial score (nSPS) is 35.3. The maximum absolute atomic E-state index is 14.0. The van der Waals surface area contributed by atoms with E-state index in [1.165, 1.54) is 0 Å². The third-order valence-corrected chi connectivity index (χ3v) is 10.0. The molecule has 5 saturated heterocycles. The zero-order chi connectivity index (χ0) is 29.4. The first-order valence-corrected chi connectivity index (χ1v) is 15.7. The van der Waals surface area contributed by atoms with Gasteiger partial charge in [0.2, 0.25) is 23.6 Å². The van der Waals surface area contributed by atoms with Gasteiger partial charge in [-0.1, -0.05) is 6.07 Å². The SMILES string of the molecule is O=C1C[C@@H]2O[C@H](CNC(=O)[C@@H]3CN(CCN3C(=O)C3CCOCC3)C(=O)[C@@H]3C[C@@H](CN3Cc3cccs3)N1)[C@@H](O)[C@H]2O. The molecule has 6 bridgehead atoms. The lowest BCUT2D eigenvalue weighted by molar-refractivity contribution is -0.154. The van der Waals surface area contributed by atoms with Crippen LogP contribution in [0.5, 0.6) is 0 Å². The fraction of sp³-hybridized carbons (Fsp3) is 0.714. The van der Waals surface area contributed by atoms with Crippen molar-refractivity contribution in [3.05, 3.63) is 22.4 Å². The predicted octanol–water partition coefficient (Wildman–Crippen LogP) is -1.72. The number of piperazine rings is 1. The topological polar surface area (TPSA) is 161 Å². The monoisotopic (exact) mass is 605 g/mol. The van der Waals surface area contributed by atoms with Crippen molar-refractivity contribution in [2.45, 2.75) is 74.8 Å². The van der Waals surface area contributed by atoms with Gasteiger partial charge in [-0.15, -0.1) is 11.3 Å². The van der Waals surface area contributed by atoms with Crippen molar-refractivity contribution >= 4 is 35.0 Å². The van der Waals surface area contributed by atoms with Crippen molar-refractivity contribution in [2.75, 3.05) is 45.9 Å². The van der Waals surface area contributed by atoms with Gasteiger partial charge in [0.1, 0.15) is 24.4 Å². The second-order valence-corrected chi connectivity index (χ2v) is 12.9. The van der Waals surface area contributed by atoms with Gasteiger partial charge in [-0.05, 0) is 30.7 Å². The molecule has 5 aliphatic heterocycles. The Balaban J connectivity index is 1.27. The van der Waals surface area contributed by atoms with Crippen LogP contribution >= 0.6 is 11.3 Å². The summed E-state index contributed by atoms with van der Waals surface area (Å²) in [7, 11) is 0. The third kappa shape index (κ3) is 6.06. The van der Waals surface area contributed by atoms with Gasteiger partial charge in [0.15, 0.2) is 0 Å². The van der Waals surface area contributed by atoms with Gasteiger partial charge in [0.25, 0.3) is 0 Å².